The third kappa shape index (κ3) is 3.68. The van der Waals surface area contributed by atoms with E-state index in [1.165, 1.54) is 7.11 Å². The minimum Gasteiger partial charge on any atom is -0.491 e. The zero-order chi connectivity index (χ0) is 12.8. The van der Waals surface area contributed by atoms with Gasteiger partial charge >= 0.3 is 0 Å². The Bertz CT molecular complexity index is 401. The minimum atomic E-state index is -0.712. The zero-order valence-electron chi connectivity index (χ0n) is 8.99. The molecular formula is C9H10N2O6. The maximum absolute atomic E-state index is 10.6. The van der Waals surface area contributed by atoms with Crippen LogP contribution in [0, 0.1) is 20.2 Å². The summed E-state index contributed by atoms with van der Waals surface area (Å²) in [7, 11) is 1.47. The van der Waals surface area contributed by atoms with Crippen LogP contribution in [0.4, 0.5) is 11.4 Å². The molecular weight excluding hydrogens is 232 g/mol. The first-order valence-electron chi connectivity index (χ1n) is 4.60. The van der Waals surface area contributed by atoms with E-state index in [0.29, 0.717) is 0 Å². The topological polar surface area (TPSA) is 105 Å². The SMILES string of the molecule is COCCOc1cc([N+](=O)[O-])cc([N+](=O)[O-])c1. The molecule has 17 heavy (non-hydrogen) atoms. The summed E-state index contributed by atoms with van der Waals surface area (Å²) in [6, 6.07) is 3.13. The summed E-state index contributed by atoms with van der Waals surface area (Å²) in [5, 5.41) is 21.1. The monoisotopic (exact) mass is 242 g/mol. The molecule has 0 spiro atoms. The number of nitro benzene ring substituents is 2. The van der Waals surface area contributed by atoms with Gasteiger partial charge in [0.05, 0.1) is 34.7 Å². The maximum atomic E-state index is 10.6. The van der Waals surface area contributed by atoms with E-state index in [4.69, 9.17) is 9.47 Å². The first-order valence-corrected chi connectivity index (χ1v) is 4.60. The smallest absolute Gasteiger partial charge is 0.280 e. The van der Waals surface area contributed by atoms with Gasteiger partial charge in [-0.15, -0.1) is 0 Å². The molecule has 1 aromatic rings. The molecule has 0 heterocycles. The van der Waals surface area contributed by atoms with Gasteiger partial charge in [-0.2, -0.15) is 0 Å². The molecule has 0 saturated carbocycles. The van der Waals surface area contributed by atoms with Gasteiger partial charge in [0, 0.05) is 7.11 Å². The zero-order valence-corrected chi connectivity index (χ0v) is 8.99. The third-order valence-electron chi connectivity index (χ3n) is 1.85. The molecule has 0 aromatic heterocycles. The largest absolute Gasteiger partial charge is 0.491 e. The number of nitrogens with zero attached hydrogens (tertiary/aromatic N) is 2. The van der Waals surface area contributed by atoms with Gasteiger partial charge in [0.15, 0.2) is 0 Å². The van der Waals surface area contributed by atoms with Crippen LogP contribution in [0.2, 0.25) is 0 Å². The van der Waals surface area contributed by atoms with Crippen molar-refractivity contribution in [3.05, 3.63) is 38.4 Å². The fourth-order valence-corrected chi connectivity index (χ4v) is 1.11. The summed E-state index contributed by atoms with van der Waals surface area (Å²) in [6.07, 6.45) is 0. The number of nitro groups is 2. The summed E-state index contributed by atoms with van der Waals surface area (Å²) < 4.78 is 9.82. The Balaban J connectivity index is 2.95. The van der Waals surface area contributed by atoms with E-state index in [1.807, 2.05) is 0 Å². The number of ether oxygens (including phenoxy) is 2. The Kier molecular flexibility index (Phi) is 4.35. The Hall–Kier alpha value is -2.22. The number of hydrogen-bond acceptors (Lipinski definition) is 6. The third-order valence-corrected chi connectivity index (χ3v) is 1.85. The summed E-state index contributed by atoms with van der Waals surface area (Å²) in [4.78, 5) is 19.7. The van der Waals surface area contributed by atoms with Crippen LogP contribution in [0.15, 0.2) is 18.2 Å². The quantitative estimate of drug-likeness (QED) is 0.425. The van der Waals surface area contributed by atoms with Crippen molar-refractivity contribution in [2.75, 3.05) is 20.3 Å². The Morgan fingerprint density at radius 1 is 1.06 bits per heavy atom. The predicted octanol–water partition coefficient (Wildman–Crippen LogP) is 1.53. The first kappa shape index (κ1) is 12.8. The van der Waals surface area contributed by atoms with E-state index in [2.05, 4.69) is 0 Å². The van der Waals surface area contributed by atoms with E-state index in [0.717, 1.165) is 18.2 Å². The Labute approximate surface area is 96.1 Å². The molecule has 0 aliphatic rings. The number of non-ortho nitro benzene ring substituents is 2. The van der Waals surface area contributed by atoms with Crippen molar-refractivity contribution >= 4 is 11.4 Å². The summed E-state index contributed by atoms with van der Waals surface area (Å²) >= 11 is 0. The average Bonchev–Trinajstić information content (AvgIpc) is 2.29. The summed E-state index contributed by atoms with van der Waals surface area (Å²) in [5.41, 5.74) is -0.766. The Morgan fingerprint density at radius 2 is 1.59 bits per heavy atom. The molecule has 0 atom stereocenters. The van der Waals surface area contributed by atoms with Crippen LogP contribution in [0.1, 0.15) is 0 Å². The minimum absolute atomic E-state index is 0.0722. The molecule has 8 nitrogen and oxygen atoms in total. The van der Waals surface area contributed by atoms with Gasteiger partial charge in [-0.05, 0) is 0 Å². The molecule has 0 fully saturated rings. The number of methoxy groups -OCH3 is 1. The molecule has 0 aliphatic heterocycles. The maximum Gasteiger partial charge on any atom is 0.280 e. The van der Waals surface area contributed by atoms with Crippen LogP contribution in [0.3, 0.4) is 0 Å². The predicted molar refractivity (Wildman–Crippen MR) is 57.1 cm³/mol. The molecule has 0 aliphatic carbocycles. The lowest BCUT2D eigenvalue weighted by molar-refractivity contribution is -0.394. The first-order chi connectivity index (χ1) is 8.04. The highest BCUT2D eigenvalue weighted by molar-refractivity contribution is 5.49. The molecule has 1 rings (SSSR count). The molecule has 0 saturated heterocycles. The highest BCUT2D eigenvalue weighted by Gasteiger charge is 2.16. The van der Waals surface area contributed by atoms with Crippen LogP contribution in [-0.4, -0.2) is 30.2 Å². The average molecular weight is 242 g/mol. The number of hydrogen-bond donors (Lipinski definition) is 0. The van der Waals surface area contributed by atoms with Crippen molar-refractivity contribution in [2.24, 2.45) is 0 Å². The van der Waals surface area contributed by atoms with E-state index in [1.54, 1.807) is 0 Å². The highest BCUT2D eigenvalue weighted by Crippen LogP contribution is 2.27. The van der Waals surface area contributed by atoms with E-state index in [-0.39, 0.29) is 30.3 Å². The lowest BCUT2D eigenvalue weighted by Gasteiger charge is -2.04. The van der Waals surface area contributed by atoms with Gasteiger partial charge in [-0.3, -0.25) is 20.2 Å². The molecule has 0 N–H and O–H groups in total. The van der Waals surface area contributed by atoms with Crippen molar-refractivity contribution in [1.29, 1.82) is 0 Å². The van der Waals surface area contributed by atoms with Crippen molar-refractivity contribution < 1.29 is 19.3 Å². The van der Waals surface area contributed by atoms with Crippen LogP contribution in [0.25, 0.3) is 0 Å². The van der Waals surface area contributed by atoms with Gasteiger partial charge in [0.2, 0.25) is 0 Å². The summed E-state index contributed by atoms with van der Waals surface area (Å²) in [6.45, 7) is 0.450. The second-order valence-electron chi connectivity index (χ2n) is 3.04. The molecule has 1 aromatic carbocycles. The fraction of sp³-hybridized carbons (Fsp3) is 0.333. The molecule has 0 radical (unpaired) electrons. The standard InChI is InChI=1S/C9H10N2O6/c1-16-2-3-17-9-5-7(10(12)13)4-8(6-9)11(14)15/h4-6H,2-3H2,1H3. The highest BCUT2D eigenvalue weighted by atomic mass is 16.6. The second-order valence-corrected chi connectivity index (χ2v) is 3.04. The van der Waals surface area contributed by atoms with Crippen LogP contribution in [-0.2, 0) is 4.74 Å². The van der Waals surface area contributed by atoms with Crippen molar-refractivity contribution in [3.8, 4) is 5.75 Å². The lowest BCUT2D eigenvalue weighted by Crippen LogP contribution is -2.05. The van der Waals surface area contributed by atoms with Crippen LogP contribution in [0.5, 0.6) is 5.75 Å². The molecule has 92 valence electrons. The van der Waals surface area contributed by atoms with Gasteiger partial charge in [0.1, 0.15) is 12.4 Å². The molecule has 0 unspecified atom stereocenters. The van der Waals surface area contributed by atoms with Crippen LogP contribution >= 0.6 is 0 Å². The van der Waals surface area contributed by atoms with Crippen molar-refractivity contribution in [2.45, 2.75) is 0 Å². The number of rotatable bonds is 6. The van der Waals surface area contributed by atoms with Crippen molar-refractivity contribution in [3.63, 3.8) is 0 Å². The van der Waals surface area contributed by atoms with Gasteiger partial charge in [-0.25, -0.2) is 0 Å². The van der Waals surface area contributed by atoms with Gasteiger partial charge < -0.3 is 9.47 Å². The van der Waals surface area contributed by atoms with E-state index >= 15 is 0 Å². The second kappa shape index (κ2) is 5.75. The number of benzene rings is 1. The van der Waals surface area contributed by atoms with E-state index < -0.39 is 9.85 Å². The van der Waals surface area contributed by atoms with Gasteiger partial charge in [-0.1, -0.05) is 0 Å². The normalized spacial score (nSPS) is 9.94. The van der Waals surface area contributed by atoms with Crippen LogP contribution < -0.4 is 4.74 Å². The van der Waals surface area contributed by atoms with Crippen molar-refractivity contribution in [1.82, 2.24) is 0 Å². The van der Waals surface area contributed by atoms with Gasteiger partial charge in [0.25, 0.3) is 11.4 Å². The molecule has 0 amide bonds. The lowest BCUT2D eigenvalue weighted by atomic mass is 10.2. The Morgan fingerprint density at radius 3 is 2.00 bits per heavy atom. The van der Waals surface area contributed by atoms with E-state index in [9.17, 15) is 20.2 Å². The fourth-order valence-electron chi connectivity index (χ4n) is 1.11. The molecule has 8 heteroatoms. The molecule has 0 bridgehead atoms. The summed E-state index contributed by atoms with van der Waals surface area (Å²) in [5.74, 6) is 0.0722.